The van der Waals surface area contributed by atoms with Crippen LogP contribution in [0, 0.1) is 28.5 Å². The minimum Gasteiger partial charge on any atom is -0.449 e. The molecule has 0 aliphatic rings. The highest BCUT2D eigenvalue weighted by molar-refractivity contribution is 5.81. The second-order valence-electron chi connectivity index (χ2n) is 6.09. The van der Waals surface area contributed by atoms with Gasteiger partial charge in [0.2, 0.25) is 0 Å². The van der Waals surface area contributed by atoms with Crippen LogP contribution in [0.2, 0.25) is 0 Å². The SMILES string of the molecule is CC(C)(C)OC(=O)N[C@@H](Cc1ccc(C#N)c(F)c1)C(=O)OCC#N. The number of alkyl carbamates (subject to hydrolysis) is 1. The van der Waals surface area contributed by atoms with Crippen LogP contribution in [-0.4, -0.2) is 30.3 Å². The van der Waals surface area contributed by atoms with Crippen molar-refractivity contribution in [3.05, 3.63) is 35.1 Å². The Morgan fingerprint density at radius 3 is 2.52 bits per heavy atom. The Bertz CT molecular complexity index is 729. The molecule has 0 saturated heterocycles. The van der Waals surface area contributed by atoms with Crippen LogP contribution >= 0.6 is 0 Å². The number of hydrogen-bond donors (Lipinski definition) is 1. The van der Waals surface area contributed by atoms with Crippen molar-refractivity contribution in [1.29, 1.82) is 10.5 Å². The van der Waals surface area contributed by atoms with Crippen molar-refractivity contribution in [3.63, 3.8) is 0 Å². The summed E-state index contributed by atoms with van der Waals surface area (Å²) < 4.78 is 23.5. The van der Waals surface area contributed by atoms with Gasteiger partial charge in [0, 0.05) is 6.42 Å². The quantitative estimate of drug-likeness (QED) is 0.817. The summed E-state index contributed by atoms with van der Waals surface area (Å²) in [6.45, 7) is 4.50. The first kappa shape index (κ1) is 19.9. The van der Waals surface area contributed by atoms with Gasteiger partial charge in [-0.3, -0.25) is 0 Å². The van der Waals surface area contributed by atoms with Gasteiger partial charge in [-0.05, 0) is 38.5 Å². The number of carbonyl (C=O) groups is 2. The molecule has 0 spiro atoms. The lowest BCUT2D eigenvalue weighted by Gasteiger charge is -2.22. The molecule has 1 N–H and O–H groups in total. The Kier molecular flexibility index (Phi) is 6.89. The molecule has 0 radical (unpaired) electrons. The van der Waals surface area contributed by atoms with E-state index in [1.54, 1.807) is 32.9 Å². The van der Waals surface area contributed by atoms with E-state index in [1.807, 2.05) is 0 Å². The van der Waals surface area contributed by atoms with Crippen molar-refractivity contribution in [3.8, 4) is 12.1 Å². The maximum absolute atomic E-state index is 13.7. The molecule has 0 fully saturated rings. The first-order valence-corrected chi connectivity index (χ1v) is 7.38. The molecule has 0 aliphatic heterocycles. The summed E-state index contributed by atoms with van der Waals surface area (Å²) in [5.41, 5.74) is -0.537. The van der Waals surface area contributed by atoms with Gasteiger partial charge in [0.1, 0.15) is 29.6 Å². The van der Waals surface area contributed by atoms with Crippen LogP contribution in [-0.2, 0) is 20.7 Å². The van der Waals surface area contributed by atoms with Crippen molar-refractivity contribution in [1.82, 2.24) is 5.32 Å². The maximum atomic E-state index is 13.7. The Morgan fingerprint density at radius 2 is 2.00 bits per heavy atom. The van der Waals surface area contributed by atoms with Crippen LogP contribution < -0.4 is 5.32 Å². The van der Waals surface area contributed by atoms with Gasteiger partial charge in [0.05, 0.1) is 5.56 Å². The van der Waals surface area contributed by atoms with Crippen molar-refractivity contribution >= 4 is 12.1 Å². The monoisotopic (exact) mass is 347 g/mol. The summed E-state index contributed by atoms with van der Waals surface area (Å²) in [6, 6.07) is 6.00. The normalized spacial score (nSPS) is 11.6. The van der Waals surface area contributed by atoms with Crippen molar-refractivity contribution in [2.24, 2.45) is 0 Å². The van der Waals surface area contributed by atoms with E-state index in [-0.39, 0.29) is 12.0 Å². The van der Waals surface area contributed by atoms with Crippen LogP contribution in [0.4, 0.5) is 9.18 Å². The number of nitrogens with zero attached hydrogens (tertiary/aromatic N) is 2. The number of hydrogen-bond acceptors (Lipinski definition) is 6. The Balaban J connectivity index is 2.93. The highest BCUT2D eigenvalue weighted by Gasteiger charge is 2.26. The summed E-state index contributed by atoms with van der Waals surface area (Å²) in [5, 5.41) is 19.6. The van der Waals surface area contributed by atoms with Gasteiger partial charge in [-0.2, -0.15) is 10.5 Å². The number of nitrogens with one attached hydrogen (secondary N) is 1. The van der Waals surface area contributed by atoms with Gasteiger partial charge in [-0.1, -0.05) is 6.07 Å². The molecule has 8 heteroatoms. The van der Waals surface area contributed by atoms with Gasteiger partial charge >= 0.3 is 12.1 Å². The zero-order valence-electron chi connectivity index (χ0n) is 14.1. The number of carbonyl (C=O) groups excluding carboxylic acids is 2. The number of esters is 1. The molecule has 0 bridgehead atoms. The topological polar surface area (TPSA) is 112 Å². The summed E-state index contributed by atoms with van der Waals surface area (Å²) in [4.78, 5) is 23.9. The van der Waals surface area contributed by atoms with Gasteiger partial charge < -0.3 is 14.8 Å². The fourth-order valence-corrected chi connectivity index (χ4v) is 1.86. The van der Waals surface area contributed by atoms with Crippen molar-refractivity contribution in [2.45, 2.75) is 38.8 Å². The highest BCUT2D eigenvalue weighted by Crippen LogP contribution is 2.13. The summed E-state index contributed by atoms with van der Waals surface area (Å²) in [7, 11) is 0. The number of nitriles is 2. The molecule has 1 amide bonds. The fourth-order valence-electron chi connectivity index (χ4n) is 1.86. The summed E-state index contributed by atoms with van der Waals surface area (Å²) in [5.74, 6) is -1.58. The lowest BCUT2D eigenvalue weighted by atomic mass is 10.0. The summed E-state index contributed by atoms with van der Waals surface area (Å²) >= 11 is 0. The zero-order valence-corrected chi connectivity index (χ0v) is 14.1. The first-order chi connectivity index (χ1) is 11.7. The predicted octanol–water partition coefficient (Wildman–Crippen LogP) is 2.20. The average Bonchev–Trinajstić information content (AvgIpc) is 2.50. The molecule has 0 unspecified atom stereocenters. The fraction of sp³-hybridized carbons (Fsp3) is 0.412. The maximum Gasteiger partial charge on any atom is 0.408 e. The molecule has 1 aromatic carbocycles. The minimum atomic E-state index is -1.17. The predicted molar refractivity (Wildman–Crippen MR) is 84.5 cm³/mol. The number of benzene rings is 1. The number of amides is 1. The molecule has 1 rings (SSSR count). The van der Waals surface area contributed by atoms with Crippen LogP contribution in [0.5, 0.6) is 0 Å². The van der Waals surface area contributed by atoms with E-state index in [1.165, 1.54) is 12.1 Å². The Morgan fingerprint density at radius 1 is 1.32 bits per heavy atom. The first-order valence-electron chi connectivity index (χ1n) is 7.38. The van der Waals surface area contributed by atoms with Gasteiger partial charge in [-0.25, -0.2) is 14.0 Å². The molecule has 1 atom stereocenters. The third kappa shape index (κ3) is 6.88. The van der Waals surface area contributed by atoms with Gasteiger partial charge in [0.15, 0.2) is 6.61 Å². The van der Waals surface area contributed by atoms with Gasteiger partial charge in [-0.15, -0.1) is 0 Å². The third-order valence-corrected chi connectivity index (χ3v) is 2.85. The molecular weight excluding hydrogens is 329 g/mol. The molecule has 0 aliphatic carbocycles. The van der Waals surface area contributed by atoms with E-state index in [9.17, 15) is 14.0 Å². The smallest absolute Gasteiger partial charge is 0.408 e. The minimum absolute atomic E-state index is 0.0911. The van der Waals surface area contributed by atoms with E-state index in [0.717, 1.165) is 6.07 Å². The van der Waals surface area contributed by atoms with E-state index < -0.39 is 36.1 Å². The van der Waals surface area contributed by atoms with Gasteiger partial charge in [0.25, 0.3) is 0 Å². The van der Waals surface area contributed by atoms with Crippen LogP contribution in [0.1, 0.15) is 31.9 Å². The Hall–Kier alpha value is -3.13. The number of rotatable bonds is 5. The van der Waals surface area contributed by atoms with Crippen molar-refractivity contribution in [2.75, 3.05) is 6.61 Å². The number of ether oxygens (including phenoxy) is 2. The van der Waals surface area contributed by atoms with Crippen LogP contribution in [0.25, 0.3) is 0 Å². The van der Waals surface area contributed by atoms with E-state index in [0.29, 0.717) is 5.56 Å². The zero-order chi connectivity index (χ0) is 19.0. The Labute approximate surface area is 144 Å². The molecule has 1 aromatic rings. The van der Waals surface area contributed by atoms with Crippen LogP contribution in [0.3, 0.4) is 0 Å². The van der Waals surface area contributed by atoms with Crippen LogP contribution in [0.15, 0.2) is 18.2 Å². The van der Waals surface area contributed by atoms with E-state index >= 15 is 0 Å². The average molecular weight is 347 g/mol. The highest BCUT2D eigenvalue weighted by atomic mass is 19.1. The second kappa shape index (κ2) is 8.65. The molecular formula is C17H18FN3O4. The molecule has 132 valence electrons. The summed E-state index contributed by atoms with van der Waals surface area (Å²) in [6.07, 6.45) is -0.938. The van der Waals surface area contributed by atoms with E-state index in [4.69, 9.17) is 20.0 Å². The van der Waals surface area contributed by atoms with E-state index in [2.05, 4.69) is 5.32 Å². The molecule has 0 aromatic heterocycles. The largest absolute Gasteiger partial charge is 0.449 e. The number of halogens is 1. The molecule has 0 saturated carbocycles. The van der Waals surface area contributed by atoms with Crippen molar-refractivity contribution < 1.29 is 23.5 Å². The molecule has 25 heavy (non-hydrogen) atoms. The third-order valence-electron chi connectivity index (χ3n) is 2.85. The lowest BCUT2D eigenvalue weighted by molar-refractivity contribution is -0.144. The second-order valence-corrected chi connectivity index (χ2v) is 6.09. The standard InChI is InChI=1S/C17H18FN3O4/c1-17(2,3)25-16(23)21-14(15(22)24-7-6-19)9-11-4-5-12(10-20)13(18)8-11/h4-5,8,14H,7,9H2,1-3H3,(H,21,23)/t14-/m0/s1. The molecule has 7 nitrogen and oxygen atoms in total. The lowest BCUT2D eigenvalue weighted by Crippen LogP contribution is -2.45. The molecule has 0 heterocycles.